The summed E-state index contributed by atoms with van der Waals surface area (Å²) in [6.45, 7) is 10.4. The summed E-state index contributed by atoms with van der Waals surface area (Å²) in [4.78, 5) is 0. The molecule has 0 bridgehead atoms. The Balaban J connectivity index is 2.53. The van der Waals surface area contributed by atoms with Crippen molar-refractivity contribution in [2.24, 2.45) is 5.92 Å². The molecule has 1 atom stereocenters. The van der Waals surface area contributed by atoms with Gasteiger partial charge in [-0.3, -0.25) is 0 Å². The first-order valence-electron chi connectivity index (χ1n) is 7.59. The van der Waals surface area contributed by atoms with E-state index in [0.717, 1.165) is 30.5 Å². The predicted molar refractivity (Wildman–Crippen MR) is 87.4 cm³/mol. The Hall–Kier alpha value is -0.570. The van der Waals surface area contributed by atoms with Crippen molar-refractivity contribution < 1.29 is 4.74 Å². The summed E-state index contributed by atoms with van der Waals surface area (Å²) in [5, 5.41) is 4.22. The van der Waals surface area contributed by atoms with Crippen molar-refractivity contribution >= 4 is 11.6 Å². The highest BCUT2D eigenvalue weighted by Crippen LogP contribution is 2.20. The van der Waals surface area contributed by atoms with Crippen LogP contribution in [0.15, 0.2) is 24.3 Å². The number of ether oxygens (including phenoxy) is 1. The zero-order valence-electron chi connectivity index (χ0n) is 13.2. The highest BCUT2D eigenvalue weighted by Gasteiger charge is 2.12. The number of rotatable bonds is 9. The van der Waals surface area contributed by atoms with Crippen molar-refractivity contribution in [3.63, 3.8) is 0 Å². The van der Waals surface area contributed by atoms with Gasteiger partial charge in [0.25, 0.3) is 0 Å². The summed E-state index contributed by atoms with van der Waals surface area (Å²) in [6, 6.07) is 8.42. The molecule has 0 fully saturated rings. The van der Waals surface area contributed by atoms with Crippen molar-refractivity contribution in [2.75, 3.05) is 13.2 Å². The Labute approximate surface area is 128 Å². The average molecular weight is 298 g/mol. The molecule has 0 spiro atoms. The third-order valence-electron chi connectivity index (χ3n) is 3.20. The van der Waals surface area contributed by atoms with Crippen LogP contribution in [0.2, 0.25) is 5.02 Å². The van der Waals surface area contributed by atoms with Crippen LogP contribution in [0.5, 0.6) is 0 Å². The van der Waals surface area contributed by atoms with Crippen molar-refractivity contribution in [1.29, 1.82) is 0 Å². The zero-order valence-corrected chi connectivity index (χ0v) is 13.9. The molecule has 0 aliphatic heterocycles. The first-order chi connectivity index (χ1) is 9.49. The molecule has 2 nitrogen and oxygen atoms in total. The monoisotopic (exact) mass is 297 g/mol. The Bertz CT molecular complexity index is 362. The first-order valence-corrected chi connectivity index (χ1v) is 7.97. The lowest BCUT2D eigenvalue weighted by Crippen LogP contribution is -2.29. The summed E-state index contributed by atoms with van der Waals surface area (Å²) in [5.41, 5.74) is 1.19. The summed E-state index contributed by atoms with van der Waals surface area (Å²) in [5.74, 6) is 0.737. The Morgan fingerprint density at radius 2 is 1.75 bits per heavy atom. The second kappa shape index (κ2) is 9.38. The Kier molecular flexibility index (Phi) is 8.20. The molecule has 0 aliphatic rings. The number of halogens is 1. The molecule has 0 aliphatic carbocycles. The van der Waals surface area contributed by atoms with Gasteiger partial charge in [-0.25, -0.2) is 0 Å². The highest BCUT2D eigenvalue weighted by atomic mass is 35.5. The maximum atomic E-state index is 6.06. The van der Waals surface area contributed by atoms with Crippen molar-refractivity contribution in [2.45, 2.75) is 52.7 Å². The molecule has 0 heterocycles. The molecule has 3 heteroatoms. The second-order valence-electron chi connectivity index (χ2n) is 6.01. The van der Waals surface area contributed by atoms with E-state index in [4.69, 9.17) is 16.3 Å². The van der Waals surface area contributed by atoms with Gasteiger partial charge < -0.3 is 10.1 Å². The molecular formula is C17H28ClNO. The third-order valence-corrected chi connectivity index (χ3v) is 3.45. The van der Waals surface area contributed by atoms with E-state index < -0.39 is 0 Å². The SMILES string of the molecule is CC(C)CCCOC(CNC(C)C)c1ccc(Cl)cc1. The number of hydrogen-bond acceptors (Lipinski definition) is 2. The van der Waals surface area contributed by atoms with E-state index in [9.17, 15) is 0 Å². The van der Waals surface area contributed by atoms with Crippen LogP contribution in [0.1, 0.15) is 52.2 Å². The van der Waals surface area contributed by atoms with Gasteiger partial charge in [-0.2, -0.15) is 0 Å². The lowest BCUT2D eigenvalue weighted by atomic mass is 10.1. The van der Waals surface area contributed by atoms with Crippen molar-refractivity contribution in [3.05, 3.63) is 34.9 Å². The van der Waals surface area contributed by atoms with Crippen LogP contribution < -0.4 is 5.32 Å². The minimum atomic E-state index is 0.0989. The molecule has 0 saturated heterocycles. The lowest BCUT2D eigenvalue weighted by Gasteiger charge is -2.21. The van der Waals surface area contributed by atoms with Gasteiger partial charge in [0.2, 0.25) is 0 Å². The van der Waals surface area contributed by atoms with Gasteiger partial charge in [-0.05, 0) is 36.5 Å². The van der Waals surface area contributed by atoms with Crippen LogP contribution in [-0.2, 0) is 4.74 Å². The standard InChI is InChI=1S/C17H28ClNO/c1-13(2)6-5-11-20-17(12-19-14(3)4)15-7-9-16(18)10-8-15/h7-10,13-14,17,19H,5-6,11-12H2,1-4H3. The molecule has 0 amide bonds. The van der Waals surface area contributed by atoms with E-state index in [0.29, 0.717) is 6.04 Å². The van der Waals surface area contributed by atoms with Gasteiger partial charge >= 0.3 is 0 Å². The van der Waals surface area contributed by atoms with Crippen molar-refractivity contribution in [1.82, 2.24) is 5.32 Å². The van der Waals surface area contributed by atoms with Gasteiger partial charge in [-0.1, -0.05) is 51.4 Å². The van der Waals surface area contributed by atoms with E-state index in [1.54, 1.807) is 0 Å². The van der Waals surface area contributed by atoms with Crippen LogP contribution in [0.25, 0.3) is 0 Å². The van der Waals surface area contributed by atoms with E-state index in [1.807, 2.05) is 12.1 Å². The predicted octanol–water partition coefficient (Wildman–Crippen LogP) is 4.83. The summed E-state index contributed by atoms with van der Waals surface area (Å²) >= 11 is 5.95. The molecule has 20 heavy (non-hydrogen) atoms. The molecule has 1 rings (SSSR count). The van der Waals surface area contributed by atoms with Crippen LogP contribution in [0.3, 0.4) is 0 Å². The summed E-state index contributed by atoms with van der Waals surface area (Å²) in [7, 11) is 0. The number of benzene rings is 1. The third kappa shape index (κ3) is 7.28. The molecular weight excluding hydrogens is 270 g/mol. The van der Waals surface area contributed by atoms with E-state index in [2.05, 4.69) is 45.1 Å². The minimum Gasteiger partial charge on any atom is -0.372 e. The van der Waals surface area contributed by atoms with Gasteiger partial charge in [0.15, 0.2) is 0 Å². The van der Waals surface area contributed by atoms with Crippen LogP contribution >= 0.6 is 11.6 Å². The molecule has 0 saturated carbocycles. The minimum absolute atomic E-state index is 0.0989. The fraction of sp³-hybridized carbons (Fsp3) is 0.647. The molecule has 0 radical (unpaired) electrons. The Morgan fingerprint density at radius 1 is 1.10 bits per heavy atom. The summed E-state index contributed by atoms with van der Waals surface area (Å²) < 4.78 is 6.06. The first kappa shape index (κ1) is 17.5. The van der Waals surface area contributed by atoms with Gasteiger partial charge in [0.05, 0.1) is 6.10 Å². The van der Waals surface area contributed by atoms with Crippen LogP contribution in [0.4, 0.5) is 0 Å². The van der Waals surface area contributed by atoms with E-state index in [1.165, 1.54) is 12.0 Å². The maximum absolute atomic E-state index is 6.06. The molecule has 1 unspecified atom stereocenters. The number of hydrogen-bond donors (Lipinski definition) is 1. The molecule has 1 N–H and O–H groups in total. The molecule has 0 aromatic heterocycles. The topological polar surface area (TPSA) is 21.3 Å². The zero-order chi connectivity index (χ0) is 15.0. The fourth-order valence-corrected chi connectivity index (χ4v) is 2.14. The van der Waals surface area contributed by atoms with Crippen molar-refractivity contribution in [3.8, 4) is 0 Å². The Morgan fingerprint density at radius 3 is 2.30 bits per heavy atom. The van der Waals surface area contributed by atoms with E-state index >= 15 is 0 Å². The second-order valence-corrected chi connectivity index (χ2v) is 6.45. The highest BCUT2D eigenvalue weighted by molar-refractivity contribution is 6.30. The largest absolute Gasteiger partial charge is 0.372 e. The van der Waals surface area contributed by atoms with Crippen LogP contribution in [0, 0.1) is 5.92 Å². The fourth-order valence-electron chi connectivity index (χ4n) is 2.01. The van der Waals surface area contributed by atoms with Crippen LogP contribution in [-0.4, -0.2) is 19.2 Å². The summed E-state index contributed by atoms with van der Waals surface area (Å²) in [6.07, 6.45) is 2.43. The quantitative estimate of drug-likeness (QED) is 0.659. The number of nitrogens with one attached hydrogen (secondary N) is 1. The maximum Gasteiger partial charge on any atom is 0.0949 e. The molecule has 1 aromatic carbocycles. The lowest BCUT2D eigenvalue weighted by molar-refractivity contribution is 0.0474. The average Bonchev–Trinajstić information content (AvgIpc) is 2.38. The van der Waals surface area contributed by atoms with Gasteiger partial charge in [0, 0.05) is 24.2 Å². The normalized spacial score (nSPS) is 13.2. The molecule has 1 aromatic rings. The smallest absolute Gasteiger partial charge is 0.0949 e. The molecule has 114 valence electrons. The van der Waals surface area contributed by atoms with Gasteiger partial charge in [-0.15, -0.1) is 0 Å². The van der Waals surface area contributed by atoms with Gasteiger partial charge in [0.1, 0.15) is 0 Å². The van der Waals surface area contributed by atoms with E-state index in [-0.39, 0.29) is 6.10 Å².